The number of rotatable bonds is 4. The van der Waals surface area contributed by atoms with E-state index < -0.39 is 5.97 Å². The van der Waals surface area contributed by atoms with Gasteiger partial charge in [-0.05, 0) is 30.5 Å². The molecule has 18 heavy (non-hydrogen) atoms. The van der Waals surface area contributed by atoms with Crippen LogP contribution in [0.25, 0.3) is 11.0 Å². The fraction of sp³-hybridized carbons (Fsp3) is 0.286. The zero-order valence-electron chi connectivity index (χ0n) is 10.1. The van der Waals surface area contributed by atoms with Crippen molar-refractivity contribution in [2.45, 2.75) is 26.2 Å². The highest BCUT2D eigenvalue weighted by Gasteiger charge is 2.09. The molecule has 0 aliphatic heterocycles. The van der Waals surface area contributed by atoms with Crippen LogP contribution in [0.15, 0.2) is 33.7 Å². The first-order valence-corrected chi connectivity index (χ1v) is 5.87. The molecule has 0 atom stereocenters. The van der Waals surface area contributed by atoms with Crippen molar-refractivity contribution in [3.8, 4) is 0 Å². The molecule has 0 saturated carbocycles. The van der Waals surface area contributed by atoms with Crippen molar-refractivity contribution >= 4 is 16.9 Å². The Morgan fingerprint density at radius 3 is 2.83 bits per heavy atom. The molecule has 0 aliphatic rings. The van der Waals surface area contributed by atoms with E-state index in [9.17, 15) is 9.59 Å². The van der Waals surface area contributed by atoms with E-state index in [-0.39, 0.29) is 18.3 Å². The normalized spacial score (nSPS) is 10.7. The van der Waals surface area contributed by atoms with Gasteiger partial charge in [0, 0.05) is 12.0 Å². The summed E-state index contributed by atoms with van der Waals surface area (Å²) < 4.78 is 5.36. The highest BCUT2D eigenvalue weighted by Crippen LogP contribution is 2.14. The standard InChI is InChI=1S/C14H14O4/c1-2-9-3-5-12-11(7-9)14(17)10(8-18-12)4-6-13(15)16/h3,5,7-8H,2,4,6H2,1H3,(H,15,16). The first-order chi connectivity index (χ1) is 8.61. The maximum Gasteiger partial charge on any atom is 0.303 e. The molecular weight excluding hydrogens is 232 g/mol. The van der Waals surface area contributed by atoms with E-state index in [2.05, 4.69) is 0 Å². The minimum Gasteiger partial charge on any atom is -0.481 e. The van der Waals surface area contributed by atoms with Gasteiger partial charge in [-0.1, -0.05) is 13.0 Å². The fourth-order valence-electron chi connectivity index (χ4n) is 1.85. The van der Waals surface area contributed by atoms with Gasteiger partial charge < -0.3 is 9.52 Å². The van der Waals surface area contributed by atoms with Crippen molar-refractivity contribution in [1.82, 2.24) is 0 Å². The first-order valence-electron chi connectivity index (χ1n) is 5.87. The second kappa shape index (κ2) is 5.04. The molecule has 0 radical (unpaired) electrons. The van der Waals surface area contributed by atoms with E-state index >= 15 is 0 Å². The van der Waals surface area contributed by atoms with Gasteiger partial charge >= 0.3 is 5.97 Å². The molecule has 2 aromatic rings. The fourth-order valence-corrected chi connectivity index (χ4v) is 1.85. The molecule has 0 fully saturated rings. The second-order valence-corrected chi connectivity index (χ2v) is 4.17. The van der Waals surface area contributed by atoms with E-state index in [1.54, 1.807) is 6.07 Å². The van der Waals surface area contributed by atoms with E-state index in [4.69, 9.17) is 9.52 Å². The van der Waals surface area contributed by atoms with Gasteiger partial charge in [0.1, 0.15) is 5.58 Å². The van der Waals surface area contributed by atoms with Crippen molar-refractivity contribution in [2.24, 2.45) is 0 Å². The second-order valence-electron chi connectivity index (χ2n) is 4.17. The van der Waals surface area contributed by atoms with Crippen LogP contribution in [-0.4, -0.2) is 11.1 Å². The SMILES string of the molecule is CCc1ccc2occ(CCC(=O)O)c(=O)c2c1. The maximum absolute atomic E-state index is 12.2. The van der Waals surface area contributed by atoms with Gasteiger partial charge in [0.15, 0.2) is 5.43 Å². The lowest BCUT2D eigenvalue weighted by Gasteiger charge is -2.02. The lowest BCUT2D eigenvalue weighted by molar-refractivity contribution is -0.136. The number of aryl methyl sites for hydroxylation is 2. The summed E-state index contributed by atoms with van der Waals surface area (Å²) in [5.74, 6) is -0.920. The van der Waals surface area contributed by atoms with Gasteiger partial charge in [0.05, 0.1) is 11.6 Å². The molecule has 0 unspecified atom stereocenters. The third-order valence-electron chi connectivity index (χ3n) is 2.92. The lowest BCUT2D eigenvalue weighted by Crippen LogP contribution is -2.11. The molecule has 1 aromatic carbocycles. The number of carboxylic acids is 1. The van der Waals surface area contributed by atoms with Gasteiger partial charge in [-0.15, -0.1) is 0 Å². The number of carbonyl (C=O) groups is 1. The first kappa shape index (κ1) is 12.4. The summed E-state index contributed by atoms with van der Waals surface area (Å²) in [6, 6.07) is 5.50. The zero-order chi connectivity index (χ0) is 13.1. The van der Waals surface area contributed by atoms with Crippen LogP contribution in [0.4, 0.5) is 0 Å². The summed E-state index contributed by atoms with van der Waals surface area (Å²) >= 11 is 0. The highest BCUT2D eigenvalue weighted by molar-refractivity contribution is 5.77. The Kier molecular flexibility index (Phi) is 3.46. The smallest absolute Gasteiger partial charge is 0.303 e. The van der Waals surface area contributed by atoms with Crippen LogP contribution in [0.3, 0.4) is 0 Å². The number of benzene rings is 1. The van der Waals surface area contributed by atoms with Crippen LogP contribution in [0.5, 0.6) is 0 Å². The predicted molar refractivity (Wildman–Crippen MR) is 67.8 cm³/mol. The summed E-state index contributed by atoms with van der Waals surface area (Å²) in [5, 5.41) is 9.15. The van der Waals surface area contributed by atoms with E-state index in [1.807, 2.05) is 19.1 Å². The summed E-state index contributed by atoms with van der Waals surface area (Å²) in [6.07, 6.45) is 2.33. The van der Waals surface area contributed by atoms with Crippen molar-refractivity contribution in [3.05, 3.63) is 45.8 Å². The molecule has 0 amide bonds. The van der Waals surface area contributed by atoms with Crippen LogP contribution < -0.4 is 5.43 Å². The molecule has 2 rings (SSSR count). The number of hydrogen-bond acceptors (Lipinski definition) is 3. The molecule has 1 aromatic heterocycles. The molecule has 0 aliphatic carbocycles. The number of carboxylic acid groups (broad SMARTS) is 1. The average Bonchev–Trinajstić information content (AvgIpc) is 2.37. The average molecular weight is 246 g/mol. The monoisotopic (exact) mass is 246 g/mol. The van der Waals surface area contributed by atoms with Crippen LogP contribution in [0.1, 0.15) is 24.5 Å². The molecule has 0 saturated heterocycles. The largest absolute Gasteiger partial charge is 0.481 e. The van der Waals surface area contributed by atoms with Crippen molar-refractivity contribution in [2.75, 3.05) is 0 Å². The van der Waals surface area contributed by atoms with Crippen LogP contribution in [0, 0.1) is 0 Å². The molecule has 0 bridgehead atoms. The van der Waals surface area contributed by atoms with Crippen molar-refractivity contribution in [1.29, 1.82) is 0 Å². The topological polar surface area (TPSA) is 67.5 Å². The molecule has 94 valence electrons. The third kappa shape index (κ3) is 2.42. The van der Waals surface area contributed by atoms with Gasteiger partial charge in [0.2, 0.25) is 0 Å². The van der Waals surface area contributed by atoms with E-state index in [0.717, 1.165) is 12.0 Å². The summed E-state index contributed by atoms with van der Waals surface area (Å²) in [7, 11) is 0. The zero-order valence-corrected chi connectivity index (χ0v) is 10.1. The number of aliphatic carboxylic acids is 1. The predicted octanol–water partition coefficient (Wildman–Crippen LogP) is 2.37. The molecule has 1 heterocycles. The van der Waals surface area contributed by atoms with Crippen molar-refractivity contribution in [3.63, 3.8) is 0 Å². The quantitative estimate of drug-likeness (QED) is 0.899. The van der Waals surface area contributed by atoms with Crippen LogP contribution in [0.2, 0.25) is 0 Å². The van der Waals surface area contributed by atoms with Crippen LogP contribution >= 0.6 is 0 Å². The Hall–Kier alpha value is -2.10. The van der Waals surface area contributed by atoms with Gasteiger partial charge in [-0.3, -0.25) is 9.59 Å². The minimum absolute atomic E-state index is 0.0657. The maximum atomic E-state index is 12.2. The molecule has 1 N–H and O–H groups in total. The summed E-state index contributed by atoms with van der Waals surface area (Å²) in [6.45, 7) is 2.01. The van der Waals surface area contributed by atoms with Gasteiger partial charge in [-0.25, -0.2) is 0 Å². The molecule has 0 spiro atoms. The third-order valence-corrected chi connectivity index (χ3v) is 2.92. The van der Waals surface area contributed by atoms with Gasteiger partial charge in [0.25, 0.3) is 0 Å². The lowest BCUT2D eigenvalue weighted by atomic mass is 10.1. The Bertz CT molecular complexity index is 640. The molecular formula is C14H14O4. The summed E-state index contributed by atoms with van der Waals surface area (Å²) in [5.41, 5.74) is 1.88. The van der Waals surface area contributed by atoms with Crippen LogP contribution in [-0.2, 0) is 17.6 Å². The van der Waals surface area contributed by atoms with Crippen molar-refractivity contribution < 1.29 is 14.3 Å². The summed E-state index contributed by atoms with van der Waals surface area (Å²) in [4.78, 5) is 22.7. The molecule has 4 nitrogen and oxygen atoms in total. The number of hydrogen-bond donors (Lipinski definition) is 1. The minimum atomic E-state index is -0.920. The van der Waals surface area contributed by atoms with Gasteiger partial charge in [-0.2, -0.15) is 0 Å². The van der Waals surface area contributed by atoms with E-state index in [0.29, 0.717) is 16.5 Å². The Balaban J connectivity index is 2.48. The Morgan fingerprint density at radius 2 is 2.17 bits per heavy atom. The Labute approximate surface area is 104 Å². The Morgan fingerprint density at radius 1 is 1.39 bits per heavy atom. The van der Waals surface area contributed by atoms with E-state index in [1.165, 1.54) is 6.26 Å². The number of fused-ring (bicyclic) bond motifs is 1. The highest BCUT2D eigenvalue weighted by atomic mass is 16.4. The molecule has 4 heteroatoms.